The molecule has 1 heterocycles. The molecule has 96 valence electrons. The predicted octanol–water partition coefficient (Wildman–Crippen LogP) is 2.81. The number of halogens is 2. The molecular formula is C12H19F2N3. The Morgan fingerprint density at radius 1 is 1.29 bits per heavy atom. The van der Waals surface area contributed by atoms with Crippen LogP contribution < -0.4 is 10.6 Å². The molecule has 1 aromatic heterocycles. The van der Waals surface area contributed by atoms with Crippen molar-refractivity contribution in [3.8, 4) is 0 Å². The van der Waals surface area contributed by atoms with Crippen LogP contribution in [0.2, 0.25) is 0 Å². The van der Waals surface area contributed by atoms with Crippen LogP contribution in [0.15, 0.2) is 6.07 Å². The maximum atomic E-state index is 13.6. The third-order valence-electron chi connectivity index (χ3n) is 3.11. The normalized spacial score (nSPS) is 13.6. The van der Waals surface area contributed by atoms with Gasteiger partial charge >= 0.3 is 0 Å². The molecule has 0 fully saturated rings. The molecular weight excluding hydrogens is 224 g/mol. The lowest BCUT2D eigenvalue weighted by Gasteiger charge is -2.36. The Kier molecular flexibility index (Phi) is 3.59. The van der Waals surface area contributed by atoms with Crippen LogP contribution >= 0.6 is 0 Å². The van der Waals surface area contributed by atoms with Crippen molar-refractivity contribution in [2.24, 2.45) is 5.41 Å². The first-order chi connectivity index (χ1) is 7.64. The van der Waals surface area contributed by atoms with E-state index in [1.807, 2.05) is 27.7 Å². The SMILES string of the molecule is CC(N(C)c1nc(N)c(F)cc1F)C(C)(C)C. The quantitative estimate of drug-likeness (QED) is 0.868. The number of anilines is 2. The lowest BCUT2D eigenvalue weighted by Crippen LogP contribution is -2.40. The molecule has 0 aliphatic carbocycles. The van der Waals surface area contributed by atoms with Crippen LogP contribution in [0.3, 0.4) is 0 Å². The van der Waals surface area contributed by atoms with E-state index in [0.29, 0.717) is 0 Å². The first-order valence-electron chi connectivity index (χ1n) is 5.49. The van der Waals surface area contributed by atoms with E-state index in [9.17, 15) is 8.78 Å². The summed E-state index contributed by atoms with van der Waals surface area (Å²) < 4.78 is 26.6. The minimum Gasteiger partial charge on any atom is -0.381 e. The fourth-order valence-electron chi connectivity index (χ4n) is 1.48. The number of hydrogen-bond donors (Lipinski definition) is 1. The molecule has 1 aromatic rings. The summed E-state index contributed by atoms with van der Waals surface area (Å²) in [4.78, 5) is 5.43. The number of hydrogen-bond acceptors (Lipinski definition) is 3. The van der Waals surface area contributed by atoms with Crippen molar-refractivity contribution in [2.45, 2.75) is 33.7 Å². The van der Waals surface area contributed by atoms with Gasteiger partial charge in [0.1, 0.15) is 0 Å². The Morgan fingerprint density at radius 3 is 2.29 bits per heavy atom. The predicted molar refractivity (Wildman–Crippen MR) is 65.9 cm³/mol. The molecule has 0 saturated heterocycles. The van der Waals surface area contributed by atoms with Crippen LogP contribution in [0.25, 0.3) is 0 Å². The van der Waals surface area contributed by atoms with E-state index in [1.165, 1.54) is 0 Å². The van der Waals surface area contributed by atoms with Gasteiger partial charge in [0.15, 0.2) is 23.3 Å². The van der Waals surface area contributed by atoms with Gasteiger partial charge in [0, 0.05) is 19.2 Å². The van der Waals surface area contributed by atoms with Crippen LogP contribution in [0, 0.1) is 17.0 Å². The summed E-state index contributed by atoms with van der Waals surface area (Å²) in [5.74, 6) is -1.74. The van der Waals surface area contributed by atoms with Gasteiger partial charge in [-0.05, 0) is 12.3 Å². The number of nitrogens with zero attached hydrogens (tertiary/aromatic N) is 2. The van der Waals surface area contributed by atoms with E-state index in [4.69, 9.17) is 5.73 Å². The zero-order valence-corrected chi connectivity index (χ0v) is 10.9. The number of rotatable bonds is 2. The molecule has 2 N–H and O–H groups in total. The van der Waals surface area contributed by atoms with E-state index in [1.54, 1.807) is 11.9 Å². The van der Waals surface area contributed by atoms with Crippen LogP contribution in [-0.4, -0.2) is 18.1 Å². The van der Waals surface area contributed by atoms with Crippen molar-refractivity contribution < 1.29 is 8.78 Å². The standard InChI is InChI=1S/C12H19F2N3/c1-7(12(2,3)4)17(5)11-9(14)6-8(13)10(15)16-11/h6-7H,1-5H3,(H2,15,16). The monoisotopic (exact) mass is 243 g/mol. The lowest BCUT2D eigenvalue weighted by molar-refractivity contribution is 0.326. The lowest BCUT2D eigenvalue weighted by atomic mass is 9.87. The zero-order valence-electron chi connectivity index (χ0n) is 10.9. The van der Waals surface area contributed by atoms with Gasteiger partial charge in [-0.25, -0.2) is 13.8 Å². The second kappa shape index (κ2) is 4.47. The van der Waals surface area contributed by atoms with Gasteiger partial charge in [0.2, 0.25) is 0 Å². The molecule has 1 atom stereocenters. The van der Waals surface area contributed by atoms with Gasteiger partial charge < -0.3 is 10.6 Å². The molecule has 0 saturated carbocycles. The summed E-state index contributed by atoms with van der Waals surface area (Å²) >= 11 is 0. The van der Waals surface area contributed by atoms with Gasteiger partial charge in [-0.2, -0.15) is 0 Å². The maximum Gasteiger partial charge on any atom is 0.168 e. The van der Waals surface area contributed by atoms with Gasteiger partial charge in [-0.1, -0.05) is 20.8 Å². The summed E-state index contributed by atoms with van der Waals surface area (Å²) in [5.41, 5.74) is 5.31. The largest absolute Gasteiger partial charge is 0.381 e. The van der Waals surface area contributed by atoms with Crippen molar-refractivity contribution in [3.05, 3.63) is 17.7 Å². The maximum absolute atomic E-state index is 13.6. The first kappa shape index (κ1) is 13.7. The van der Waals surface area contributed by atoms with Gasteiger partial charge in [0.05, 0.1) is 0 Å². The van der Waals surface area contributed by atoms with E-state index in [0.717, 1.165) is 6.07 Å². The Morgan fingerprint density at radius 2 is 1.82 bits per heavy atom. The van der Waals surface area contributed by atoms with E-state index in [-0.39, 0.29) is 23.1 Å². The molecule has 0 radical (unpaired) electrons. The molecule has 17 heavy (non-hydrogen) atoms. The molecule has 1 unspecified atom stereocenters. The van der Waals surface area contributed by atoms with Gasteiger partial charge in [0.25, 0.3) is 0 Å². The fourth-order valence-corrected chi connectivity index (χ4v) is 1.48. The molecule has 0 spiro atoms. The summed E-state index contributed by atoms with van der Waals surface area (Å²) in [6.07, 6.45) is 0. The van der Waals surface area contributed by atoms with Crippen molar-refractivity contribution in [1.29, 1.82) is 0 Å². The van der Waals surface area contributed by atoms with Crippen LogP contribution in [0.1, 0.15) is 27.7 Å². The second-order valence-electron chi connectivity index (χ2n) is 5.31. The number of nitrogens with two attached hydrogens (primary N) is 1. The number of aromatic nitrogens is 1. The average Bonchev–Trinajstić information content (AvgIpc) is 2.20. The second-order valence-corrected chi connectivity index (χ2v) is 5.31. The summed E-state index contributed by atoms with van der Waals surface area (Å²) in [5, 5.41) is 0. The summed E-state index contributed by atoms with van der Waals surface area (Å²) in [7, 11) is 1.72. The minimum atomic E-state index is -0.830. The van der Waals surface area contributed by atoms with Crippen molar-refractivity contribution in [2.75, 3.05) is 17.7 Å². The molecule has 0 amide bonds. The Bertz CT molecular complexity index is 413. The first-order valence-corrected chi connectivity index (χ1v) is 5.49. The van der Waals surface area contributed by atoms with Crippen molar-refractivity contribution in [1.82, 2.24) is 4.98 Å². The van der Waals surface area contributed by atoms with Crippen LogP contribution in [-0.2, 0) is 0 Å². The van der Waals surface area contributed by atoms with Crippen LogP contribution in [0.5, 0.6) is 0 Å². The molecule has 0 aliphatic heterocycles. The summed E-state index contributed by atoms with van der Waals surface area (Å²) in [6.45, 7) is 8.08. The van der Waals surface area contributed by atoms with E-state index < -0.39 is 11.6 Å². The highest BCUT2D eigenvalue weighted by molar-refractivity contribution is 5.47. The molecule has 3 nitrogen and oxygen atoms in total. The molecule has 0 bridgehead atoms. The highest BCUT2D eigenvalue weighted by Crippen LogP contribution is 2.28. The molecule has 0 aromatic carbocycles. The highest BCUT2D eigenvalue weighted by atomic mass is 19.1. The topological polar surface area (TPSA) is 42.2 Å². The van der Waals surface area contributed by atoms with E-state index >= 15 is 0 Å². The van der Waals surface area contributed by atoms with Gasteiger partial charge in [-0.3, -0.25) is 0 Å². The third kappa shape index (κ3) is 2.84. The van der Waals surface area contributed by atoms with Crippen molar-refractivity contribution in [3.63, 3.8) is 0 Å². The van der Waals surface area contributed by atoms with E-state index in [2.05, 4.69) is 4.98 Å². The average molecular weight is 243 g/mol. The summed E-state index contributed by atoms with van der Waals surface area (Å²) in [6, 6.07) is 0.804. The highest BCUT2D eigenvalue weighted by Gasteiger charge is 2.27. The molecule has 5 heteroatoms. The Labute approximate surface area is 101 Å². The zero-order chi connectivity index (χ0) is 13.4. The Hall–Kier alpha value is -1.39. The molecule has 1 rings (SSSR count). The minimum absolute atomic E-state index is 0.0364. The van der Waals surface area contributed by atoms with Crippen LogP contribution in [0.4, 0.5) is 20.4 Å². The molecule has 0 aliphatic rings. The smallest absolute Gasteiger partial charge is 0.168 e. The van der Waals surface area contributed by atoms with Crippen molar-refractivity contribution >= 4 is 11.6 Å². The number of nitrogen functional groups attached to an aromatic ring is 1. The number of pyridine rings is 1. The third-order valence-corrected chi connectivity index (χ3v) is 3.11. The Balaban J connectivity index is 3.13. The van der Waals surface area contributed by atoms with Gasteiger partial charge in [-0.15, -0.1) is 0 Å². The fraction of sp³-hybridized carbons (Fsp3) is 0.583.